The van der Waals surface area contributed by atoms with Crippen molar-refractivity contribution in [3.8, 4) is 0 Å². The van der Waals surface area contributed by atoms with Crippen LogP contribution in [0.1, 0.15) is 13.8 Å². The zero-order chi connectivity index (χ0) is 9.98. The van der Waals surface area contributed by atoms with Gasteiger partial charge in [-0.2, -0.15) is 0 Å². The minimum absolute atomic E-state index is 0.356. The van der Waals surface area contributed by atoms with E-state index in [9.17, 15) is 9.59 Å². The number of carboxylic acid groups (broad SMARTS) is 1. The summed E-state index contributed by atoms with van der Waals surface area (Å²) in [5.74, 6) is 0. The van der Waals surface area contributed by atoms with Gasteiger partial charge >= 0.3 is 12.2 Å². The Kier molecular flexibility index (Phi) is 10.5. The molecule has 0 aromatic heterocycles. The fourth-order valence-electron chi connectivity index (χ4n) is 0.293. The molecular weight excluding hydrogens is 164 g/mol. The molecule has 72 valence electrons. The normalized spacial score (nSPS) is 7.50. The molecule has 6 nitrogen and oxygen atoms in total. The van der Waals surface area contributed by atoms with E-state index in [-0.39, 0.29) is 0 Å². The number of hydrogen-bond acceptors (Lipinski definition) is 3. The number of nitrogens with two attached hydrogens (primary N) is 1. The van der Waals surface area contributed by atoms with E-state index >= 15 is 0 Å². The largest absolute Gasteiger partial charge is 0.465 e. The van der Waals surface area contributed by atoms with Gasteiger partial charge in [0.2, 0.25) is 0 Å². The number of carbonyl (C=O) groups is 2. The van der Waals surface area contributed by atoms with Crippen LogP contribution in [-0.2, 0) is 4.74 Å². The van der Waals surface area contributed by atoms with Crippen LogP contribution in [0.15, 0.2) is 0 Å². The molecule has 0 saturated carbocycles. The number of carbonyl (C=O) groups excluding carboxylic acids is 1. The third-order valence-electron chi connectivity index (χ3n) is 0.615. The molecule has 6 heteroatoms. The lowest BCUT2D eigenvalue weighted by atomic mass is 10.8. The molecule has 0 heterocycles. The minimum Gasteiger partial charge on any atom is -0.465 e. The summed E-state index contributed by atoms with van der Waals surface area (Å²) in [6.45, 7) is 4.27. The standard InChI is InChI=1S/2C3H7NO2/c1-2-6-3(4)5;1-2-4-3(5)6/h2H2,1H3,(H2,4,5);4H,2H2,1H3,(H,5,6). The molecule has 12 heavy (non-hydrogen) atoms. The van der Waals surface area contributed by atoms with Crippen molar-refractivity contribution in [2.45, 2.75) is 13.8 Å². The first-order valence-corrected chi connectivity index (χ1v) is 3.43. The topological polar surface area (TPSA) is 102 Å². The second kappa shape index (κ2) is 9.54. The first kappa shape index (κ1) is 13.2. The van der Waals surface area contributed by atoms with Crippen LogP contribution in [0.2, 0.25) is 0 Å². The van der Waals surface area contributed by atoms with Crippen LogP contribution in [-0.4, -0.2) is 30.4 Å². The monoisotopic (exact) mass is 178 g/mol. The van der Waals surface area contributed by atoms with E-state index in [1.54, 1.807) is 13.8 Å². The highest BCUT2D eigenvalue weighted by Gasteiger charge is 1.83. The second-order valence-corrected chi connectivity index (χ2v) is 1.59. The van der Waals surface area contributed by atoms with Gasteiger partial charge in [0.25, 0.3) is 0 Å². The summed E-state index contributed by atoms with van der Waals surface area (Å²) in [7, 11) is 0. The van der Waals surface area contributed by atoms with Crippen molar-refractivity contribution in [2.24, 2.45) is 5.73 Å². The quantitative estimate of drug-likeness (QED) is 0.568. The molecule has 0 unspecified atom stereocenters. The Morgan fingerprint density at radius 1 is 1.50 bits per heavy atom. The summed E-state index contributed by atoms with van der Waals surface area (Å²) in [4.78, 5) is 19.1. The molecule has 0 spiro atoms. The highest BCUT2D eigenvalue weighted by Crippen LogP contribution is 1.66. The SMILES string of the molecule is CCNC(=O)O.CCOC(N)=O. The van der Waals surface area contributed by atoms with Gasteiger partial charge < -0.3 is 20.9 Å². The van der Waals surface area contributed by atoms with Crippen LogP contribution in [0.4, 0.5) is 9.59 Å². The Morgan fingerprint density at radius 2 is 2.00 bits per heavy atom. The zero-order valence-corrected chi connectivity index (χ0v) is 7.16. The van der Waals surface area contributed by atoms with E-state index < -0.39 is 12.2 Å². The summed E-state index contributed by atoms with van der Waals surface area (Å²) >= 11 is 0. The smallest absolute Gasteiger partial charge is 0.404 e. The maximum absolute atomic E-state index is 9.60. The third kappa shape index (κ3) is 23.6. The predicted octanol–water partition coefficient (Wildman–Crippen LogP) is 0.376. The van der Waals surface area contributed by atoms with Gasteiger partial charge in [0.15, 0.2) is 0 Å². The first-order chi connectivity index (χ1) is 5.54. The molecule has 2 amide bonds. The molecule has 0 fully saturated rings. The Hall–Kier alpha value is -1.46. The van der Waals surface area contributed by atoms with Crippen molar-refractivity contribution in [1.82, 2.24) is 5.32 Å². The third-order valence-corrected chi connectivity index (χ3v) is 0.615. The fraction of sp³-hybridized carbons (Fsp3) is 0.667. The van der Waals surface area contributed by atoms with Crippen LogP contribution >= 0.6 is 0 Å². The molecule has 4 N–H and O–H groups in total. The fourth-order valence-corrected chi connectivity index (χ4v) is 0.293. The van der Waals surface area contributed by atoms with Gasteiger partial charge in [-0.3, -0.25) is 0 Å². The van der Waals surface area contributed by atoms with E-state index in [0.717, 1.165) is 0 Å². The summed E-state index contributed by atoms with van der Waals surface area (Å²) in [5.41, 5.74) is 4.54. The Balaban J connectivity index is 0. The molecule has 0 aromatic rings. The molecule has 0 aromatic carbocycles. The number of primary amides is 1. The molecule has 0 bridgehead atoms. The number of nitrogens with one attached hydrogen (secondary N) is 1. The van der Waals surface area contributed by atoms with Crippen LogP contribution in [0.25, 0.3) is 0 Å². The molecule has 0 atom stereocenters. The van der Waals surface area contributed by atoms with Crippen LogP contribution in [0.3, 0.4) is 0 Å². The predicted molar refractivity (Wildman–Crippen MR) is 42.9 cm³/mol. The molecular formula is C6H14N2O4. The van der Waals surface area contributed by atoms with Gasteiger partial charge in [-0.1, -0.05) is 0 Å². The maximum atomic E-state index is 9.60. The molecule has 0 rings (SSSR count). The lowest BCUT2D eigenvalue weighted by Crippen LogP contribution is -2.19. The highest BCUT2D eigenvalue weighted by atomic mass is 16.5. The van der Waals surface area contributed by atoms with Crippen molar-refractivity contribution in [3.05, 3.63) is 0 Å². The van der Waals surface area contributed by atoms with E-state index in [1.807, 2.05) is 0 Å². The Morgan fingerprint density at radius 3 is 2.00 bits per heavy atom. The van der Waals surface area contributed by atoms with E-state index in [2.05, 4.69) is 15.8 Å². The number of hydrogen-bond donors (Lipinski definition) is 3. The van der Waals surface area contributed by atoms with E-state index in [4.69, 9.17) is 5.11 Å². The Labute approximate surface area is 70.7 Å². The van der Waals surface area contributed by atoms with Gasteiger partial charge in [-0.05, 0) is 13.8 Å². The molecule has 0 radical (unpaired) electrons. The summed E-state index contributed by atoms with van der Waals surface area (Å²) in [6, 6.07) is 0. The lowest BCUT2D eigenvalue weighted by molar-refractivity contribution is 0.163. The van der Waals surface area contributed by atoms with Gasteiger partial charge in [0.05, 0.1) is 6.61 Å². The average molecular weight is 178 g/mol. The van der Waals surface area contributed by atoms with Crippen molar-refractivity contribution in [3.63, 3.8) is 0 Å². The van der Waals surface area contributed by atoms with Crippen molar-refractivity contribution in [2.75, 3.05) is 13.2 Å². The summed E-state index contributed by atoms with van der Waals surface area (Å²) in [5, 5.41) is 9.93. The number of ether oxygens (including phenoxy) is 1. The molecule has 0 aliphatic carbocycles. The number of rotatable bonds is 2. The minimum atomic E-state index is -0.961. The van der Waals surface area contributed by atoms with E-state index in [0.29, 0.717) is 13.2 Å². The Bertz CT molecular complexity index is 122. The van der Waals surface area contributed by atoms with Crippen molar-refractivity contribution < 1.29 is 19.4 Å². The molecule has 0 saturated heterocycles. The highest BCUT2D eigenvalue weighted by molar-refractivity contribution is 5.64. The van der Waals surface area contributed by atoms with Gasteiger partial charge in [-0.15, -0.1) is 0 Å². The second-order valence-electron chi connectivity index (χ2n) is 1.59. The van der Waals surface area contributed by atoms with Crippen molar-refractivity contribution in [1.29, 1.82) is 0 Å². The van der Waals surface area contributed by atoms with Crippen LogP contribution in [0, 0.1) is 0 Å². The first-order valence-electron chi connectivity index (χ1n) is 3.43. The molecule has 0 aliphatic heterocycles. The maximum Gasteiger partial charge on any atom is 0.404 e. The molecule has 0 aliphatic rings. The van der Waals surface area contributed by atoms with Crippen LogP contribution < -0.4 is 11.1 Å². The van der Waals surface area contributed by atoms with Crippen LogP contribution in [0.5, 0.6) is 0 Å². The van der Waals surface area contributed by atoms with Gasteiger partial charge in [-0.25, -0.2) is 9.59 Å². The zero-order valence-electron chi connectivity index (χ0n) is 7.16. The van der Waals surface area contributed by atoms with Gasteiger partial charge in [0.1, 0.15) is 0 Å². The summed E-state index contributed by atoms with van der Waals surface area (Å²) < 4.78 is 4.18. The number of amides is 2. The van der Waals surface area contributed by atoms with Crippen molar-refractivity contribution >= 4 is 12.2 Å². The average Bonchev–Trinajstić information content (AvgIpc) is 1.87. The summed E-state index contributed by atoms with van der Waals surface area (Å²) in [6.07, 6.45) is -1.67. The van der Waals surface area contributed by atoms with E-state index in [1.165, 1.54) is 0 Å². The van der Waals surface area contributed by atoms with Gasteiger partial charge in [0, 0.05) is 6.54 Å². The lowest BCUT2D eigenvalue weighted by Gasteiger charge is -1.89.